The Kier molecular flexibility index (Phi) is 9.18. The van der Waals surface area contributed by atoms with Gasteiger partial charge in [-0.25, -0.2) is 4.39 Å². The number of likely N-dealkylation sites (N-methyl/N-ethyl adjacent to an activating group) is 1. The Bertz CT molecular complexity index is 1440. The topological polar surface area (TPSA) is 127 Å². The lowest BCUT2D eigenvalue weighted by Gasteiger charge is -2.30. The van der Waals surface area contributed by atoms with E-state index in [1.54, 1.807) is 6.07 Å². The number of Topliss-reactive ketones (excluding diaryl/α,β-unsaturated/α-hetero) is 1. The maximum Gasteiger partial charge on any atom is 0.312 e. The Morgan fingerprint density at radius 2 is 1.91 bits per heavy atom. The highest BCUT2D eigenvalue weighted by atomic mass is 19.1. The molecule has 3 atom stereocenters. The van der Waals surface area contributed by atoms with E-state index in [1.165, 1.54) is 13.0 Å². The van der Waals surface area contributed by atoms with Crippen LogP contribution in [0, 0.1) is 24.1 Å². The number of rotatable bonds is 10. The number of carbonyl (C=O) groups is 4. The summed E-state index contributed by atoms with van der Waals surface area (Å²) in [6.07, 6.45) is 1.95. The zero-order chi connectivity index (χ0) is 31.9. The van der Waals surface area contributed by atoms with E-state index in [0.717, 1.165) is 11.3 Å². The lowest BCUT2D eigenvalue weighted by Crippen LogP contribution is -2.44. The lowest BCUT2D eigenvalue weighted by molar-refractivity contribution is -0.873. The molecule has 0 radical (unpaired) electrons. The smallest absolute Gasteiger partial charge is 0.312 e. The van der Waals surface area contributed by atoms with Gasteiger partial charge in [0.2, 0.25) is 6.29 Å². The second-order valence-corrected chi connectivity index (χ2v) is 13.7. The van der Waals surface area contributed by atoms with Crippen molar-refractivity contribution >= 4 is 23.6 Å². The van der Waals surface area contributed by atoms with Gasteiger partial charge in [0, 0.05) is 42.9 Å². The van der Waals surface area contributed by atoms with Crippen LogP contribution in [0.25, 0.3) is 5.69 Å². The largest absolute Gasteiger partial charge is 0.456 e. The van der Waals surface area contributed by atoms with Gasteiger partial charge in [-0.05, 0) is 54.4 Å². The highest BCUT2D eigenvalue weighted by molar-refractivity contribution is 6.00. The fourth-order valence-electron chi connectivity index (χ4n) is 6.29. The van der Waals surface area contributed by atoms with E-state index >= 15 is 4.39 Å². The van der Waals surface area contributed by atoms with Crippen LogP contribution in [0.5, 0.6) is 0 Å². The van der Waals surface area contributed by atoms with Crippen LogP contribution in [0.1, 0.15) is 77.6 Å². The zero-order valence-corrected chi connectivity index (χ0v) is 26.1. The number of benzene rings is 1. The second kappa shape index (κ2) is 12.2. The molecule has 2 heterocycles. The van der Waals surface area contributed by atoms with Crippen LogP contribution in [0.4, 0.5) is 4.39 Å². The average Bonchev–Trinajstić information content (AvgIpc) is 3.39. The van der Waals surface area contributed by atoms with E-state index in [2.05, 4.69) is 0 Å². The number of hydrogen-bond acceptors (Lipinski definition) is 7. The molecule has 4 rings (SSSR count). The number of ether oxygens (including phenoxy) is 3. The third-order valence-electron chi connectivity index (χ3n) is 7.84. The Morgan fingerprint density at radius 1 is 1.21 bits per heavy atom. The molecule has 2 N–H and O–H groups in total. The van der Waals surface area contributed by atoms with Crippen LogP contribution >= 0.6 is 0 Å². The van der Waals surface area contributed by atoms with Crippen LogP contribution < -0.4 is 5.73 Å². The van der Waals surface area contributed by atoms with Crippen LogP contribution in [0.3, 0.4) is 0 Å². The minimum absolute atomic E-state index is 0.0669. The Morgan fingerprint density at radius 3 is 2.53 bits per heavy atom. The van der Waals surface area contributed by atoms with Crippen molar-refractivity contribution in [2.24, 2.45) is 17.1 Å². The number of primary amides is 1. The highest BCUT2D eigenvalue weighted by Gasteiger charge is 2.36. The average molecular weight is 601 g/mol. The molecule has 1 amide bonds. The summed E-state index contributed by atoms with van der Waals surface area (Å²) in [4.78, 5) is 49.4. The van der Waals surface area contributed by atoms with Crippen LogP contribution in [0.15, 0.2) is 18.3 Å². The minimum atomic E-state index is -0.878. The van der Waals surface area contributed by atoms with Crippen LogP contribution in [-0.2, 0) is 36.6 Å². The fraction of sp³-hybridized carbons (Fsp3) is 0.562. The highest BCUT2D eigenvalue weighted by Crippen LogP contribution is 2.38. The first-order valence-electron chi connectivity index (χ1n) is 14.6. The first-order valence-corrected chi connectivity index (χ1v) is 14.6. The molecule has 0 saturated carbocycles. The quantitative estimate of drug-likeness (QED) is 0.326. The third kappa shape index (κ3) is 7.88. The van der Waals surface area contributed by atoms with Gasteiger partial charge in [-0.2, -0.15) is 0 Å². The van der Waals surface area contributed by atoms with Gasteiger partial charge in [0.05, 0.1) is 39.7 Å². The van der Waals surface area contributed by atoms with E-state index in [0.29, 0.717) is 47.1 Å². The maximum atomic E-state index is 15.4. The van der Waals surface area contributed by atoms with Gasteiger partial charge < -0.3 is 29.0 Å². The number of amides is 1. The van der Waals surface area contributed by atoms with E-state index < -0.39 is 36.1 Å². The molecule has 10 nitrogen and oxygen atoms in total. The molecular formula is C32H43FN3O7+. The third-order valence-corrected chi connectivity index (χ3v) is 7.84. The summed E-state index contributed by atoms with van der Waals surface area (Å²) in [5.41, 5.74) is 8.41. The van der Waals surface area contributed by atoms with E-state index in [9.17, 15) is 19.2 Å². The van der Waals surface area contributed by atoms with Crippen LogP contribution in [0.2, 0.25) is 0 Å². The number of hydrogen-bond donors (Lipinski definition) is 1. The first kappa shape index (κ1) is 32.3. The van der Waals surface area contributed by atoms with Crippen LogP contribution in [-0.4, -0.2) is 79.4 Å². The summed E-state index contributed by atoms with van der Waals surface area (Å²) in [6.45, 7) is 7.89. The number of aryl methyl sites for hydroxylation is 1. The molecule has 1 aliphatic carbocycles. The molecule has 11 heteroatoms. The number of aromatic nitrogens is 1. The molecule has 3 unspecified atom stereocenters. The molecule has 234 valence electrons. The van der Waals surface area contributed by atoms with Crippen molar-refractivity contribution in [2.45, 2.75) is 72.2 Å². The summed E-state index contributed by atoms with van der Waals surface area (Å²) in [5, 5.41) is 0. The molecule has 1 aromatic heterocycles. The van der Waals surface area contributed by atoms with Gasteiger partial charge in [-0.1, -0.05) is 13.8 Å². The van der Waals surface area contributed by atoms with Crippen molar-refractivity contribution in [2.75, 3.05) is 34.3 Å². The molecule has 1 aliphatic heterocycles. The summed E-state index contributed by atoms with van der Waals surface area (Å²) in [5.74, 6) is -2.76. The van der Waals surface area contributed by atoms with E-state index in [-0.39, 0.29) is 42.1 Å². The van der Waals surface area contributed by atoms with Gasteiger partial charge in [0.15, 0.2) is 11.9 Å². The number of halogens is 1. The summed E-state index contributed by atoms with van der Waals surface area (Å²) in [6, 6.07) is 3.02. The molecule has 43 heavy (non-hydrogen) atoms. The number of esters is 2. The molecule has 0 bridgehead atoms. The fourth-order valence-corrected chi connectivity index (χ4v) is 6.29. The zero-order valence-electron chi connectivity index (χ0n) is 26.1. The molecule has 2 aliphatic rings. The van der Waals surface area contributed by atoms with Gasteiger partial charge in [0.1, 0.15) is 12.4 Å². The van der Waals surface area contributed by atoms with Gasteiger partial charge in [-0.15, -0.1) is 0 Å². The maximum absolute atomic E-state index is 15.4. The van der Waals surface area contributed by atoms with Gasteiger partial charge >= 0.3 is 11.9 Å². The van der Waals surface area contributed by atoms with E-state index in [4.69, 9.17) is 19.9 Å². The van der Waals surface area contributed by atoms with Crippen molar-refractivity contribution in [3.05, 3.63) is 52.1 Å². The SMILES string of the molecule is CC(=O)OC(CC(=O)OC1CC(Cc2cc(-n3cc(C)c4c3CC(C)(C)CC4=O)cc(F)c2C(N)=O)CO1)C[N+](C)(C)C. The van der Waals surface area contributed by atoms with Crippen molar-refractivity contribution in [1.29, 1.82) is 0 Å². The minimum Gasteiger partial charge on any atom is -0.456 e. The number of fused-ring (bicyclic) bond motifs is 1. The Labute approximate surface area is 251 Å². The number of nitrogens with two attached hydrogens (primary N) is 1. The van der Waals surface area contributed by atoms with Gasteiger partial charge in [-0.3, -0.25) is 19.2 Å². The van der Waals surface area contributed by atoms with Crippen molar-refractivity contribution in [3.63, 3.8) is 0 Å². The molecule has 0 spiro atoms. The van der Waals surface area contributed by atoms with E-state index in [1.807, 2.05) is 52.7 Å². The number of carbonyl (C=O) groups excluding carboxylic acids is 4. The first-order chi connectivity index (χ1) is 19.9. The molecule has 1 fully saturated rings. The van der Waals surface area contributed by atoms with Crippen molar-refractivity contribution in [3.8, 4) is 5.69 Å². The van der Waals surface area contributed by atoms with Gasteiger partial charge in [0.25, 0.3) is 5.91 Å². The summed E-state index contributed by atoms with van der Waals surface area (Å²) < 4.78 is 34.3. The number of nitrogens with zero attached hydrogens (tertiary/aromatic N) is 2. The lowest BCUT2D eigenvalue weighted by atomic mass is 9.75. The number of ketones is 1. The Balaban J connectivity index is 1.51. The predicted octanol–water partition coefficient (Wildman–Crippen LogP) is 3.66. The predicted molar refractivity (Wildman–Crippen MR) is 156 cm³/mol. The Hall–Kier alpha value is -3.57. The van der Waals surface area contributed by atoms with Crippen molar-refractivity contribution < 1.29 is 42.3 Å². The molecular weight excluding hydrogens is 557 g/mol. The normalized spacial score (nSPS) is 20.4. The summed E-state index contributed by atoms with van der Waals surface area (Å²) >= 11 is 0. The monoisotopic (exact) mass is 600 g/mol. The molecule has 1 saturated heterocycles. The standard InChI is InChI=1S/C32H42FN3O7/c1-18-15-35(25-13-32(3,4)14-26(38)29(18)25)22-10-21(30(31(34)40)24(33)11-22)8-20-9-28(41-17-20)43-27(39)12-23(42-19(2)37)16-36(5,6)7/h10-11,15,20,23,28H,8-9,12-14,16-17H2,1-7H3,(H-,34,40)/p+1. The molecule has 2 aromatic rings. The second-order valence-electron chi connectivity index (χ2n) is 13.7. The molecule has 1 aromatic carbocycles. The van der Waals surface area contributed by atoms with Crippen molar-refractivity contribution in [1.82, 2.24) is 4.57 Å². The number of quaternary nitrogens is 1. The summed E-state index contributed by atoms with van der Waals surface area (Å²) in [7, 11) is 5.78.